The van der Waals surface area contributed by atoms with Crippen LogP contribution in [0.1, 0.15) is 6.92 Å². The molecule has 1 heterocycles. The minimum Gasteiger partial charge on any atom is -0.391 e. The summed E-state index contributed by atoms with van der Waals surface area (Å²) in [4.78, 5) is 26.8. The summed E-state index contributed by atoms with van der Waals surface area (Å²) < 4.78 is 2.09. The van der Waals surface area contributed by atoms with Gasteiger partial charge in [0.1, 0.15) is 5.69 Å². The SMILES string of the molecule is CC(N)=Nc1c(N)c(=O)n(C)c(=O)n1C. The number of hydrogen-bond donors (Lipinski definition) is 2. The molecule has 7 heteroatoms. The van der Waals surface area contributed by atoms with Crippen molar-refractivity contribution in [2.45, 2.75) is 6.92 Å². The Hall–Kier alpha value is -2.05. The molecule has 7 nitrogen and oxygen atoms in total. The highest BCUT2D eigenvalue weighted by Gasteiger charge is 2.11. The lowest BCUT2D eigenvalue weighted by atomic mass is 10.4. The molecule has 0 fully saturated rings. The Labute approximate surface area is 85.6 Å². The van der Waals surface area contributed by atoms with Gasteiger partial charge in [-0.1, -0.05) is 0 Å². The number of aromatic nitrogens is 2. The maximum atomic E-state index is 11.5. The number of anilines is 1. The fourth-order valence-electron chi connectivity index (χ4n) is 1.16. The Balaban J connectivity index is 3.76. The zero-order chi connectivity index (χ0) is 11.7. The Morgan fingerprint density at radius 1 is 1.27 bits per heavy atom. The molecule has 4 N–H and O–H groups in total. The van der Waals surface area contributed by atoms with Crippen LogP contribution in [0.5, 0.6) is 0 Å². The van der Waals surface area contributed by atoms with E-state index in [0.29, 0.717) is 0 Å². The number of nitrogens with two attached hydrogens (primary N) is 2. The normalized spacial score (nSPS) is 11.8. The minimum atomic E-state index is -0.571. The lowest BCUT2D eigenvalue weighted by Gasteiger charge is -2.08. The first-order chi connectivity index (χ1) is 6.86. The van der Waals surface area contributed by atoms with Gasteiger partial charge in [-0.2, -0.15) is 0 Å². The minimum absolute atomic E-state index is 0.0862. The summed E-state index contributed by atoms with van der Waals surface area (Å²) in [6, 6.07) is 0. The van der Waals surface area contributed by atoms with Crippen LogP contribution in [0.3, 0.4) is 0 Å². The third kappa shape index (κ3) is 1.76. The lowest BCUT2D eigenvalue weighted by Crippen LogP contribution is -2.38. The van der Waals surface area contributed by atoms with E-state index in [2.05, 4.69) is 4.99 Å². The van der Waals surface area contributed by atoms with Gasteiger partial charge in [0.25, 0.3) is 5.56 Å². The van der Waals surface area contributed by atoms with E-state index in [1.807, 2.05) is 0 Å². The maximum Gasteiger partial charge on any atom is 0.332 e. The topological polar surface area (TPSA) is 108 Å². The van der Waals surface area contributed by atoms with Crippen molar-refractivity contribution in [1.29, 1.82) is 0 Å². The van der Waals surface area contributed by atoms with Crippen LogP contribution in [-0.4, -0.2) is 15.0 Å². The lowest BCUT2D eigenvalue weighted by molar-refractivity contribution is 0.692. The quantitative estimate of drug-likeness (QED) is 0.443. The van der Waals surface area contributed by atoms with Crippen LogP contribution in [0, 0.1) is 0 Å². The highest BCUT2D eigenvalue weighted by atomic mass is 16.2. The van der Waals surface area contributed by atoms with Gasteiger partial charge in [0.05, 0.1) is 5.84 Å². The highest BCUT2D eigenvalue weighted by Crippen LogP contribution is 2.13. The number of hydrogen-bond acceptors (Lipinski definition) is 4. The average molecular weight is 211 g/mol. The number of aliphatic imine (C=N–C) groups is 1. The van der Waals surface area contributed by atoms with Crippen molar-refractivity contribution in [2.24, 2.45) is 24.8 Å². The van der Waals surface area contributed by atoms with E-state index in [1.165, 1.54) is 18.7 Å². The first-order valence-corrected chi connectivity index (χ1v) is 4.22. The predicted octanol–water partition coefficient (Wildman–Crippen LogP) is -1.33. The van der Waals surface area contributed by atoms with Gasteiger partial charge in [0.2, 0.25) is 0 Å². The van der Waals surface area contributed by atoms with Gasteiger partial charge in [-0.05, 0) is 6.92 Å². The molecule has 1 rings (SSSR count). The standard InChI is InChI=1S/C8H13N5O2/c1-4(9)11-6-5(10)7(14)13(3)8(15)12(6)2/h10H2,1-3H3,(H2,9,11). The Morgan fingerprint density at radius 3 is 2.27 bits per heavy atom. The molecule has 82 valence electrons. The summed E-state index contributed by atoms with van der Waals surface area (Å²) in [5.41, 5.74) is 9.76. The van der Waals surface area contributed by atoms with E-state index in [-0.39, 0.29) is 17.3 Å². The molecule has 15 heavy (non-hydrogen) atoms. The van der Waals surface area contributed by atoms with Crippen molar-refractivity contribution in [2.75, 3.05) is 5.73 Å². The van der Waals surface area contributed by atoms with E-state index in [4.69, 9.17) is 11.5 Å². The Bertz CT molecular complexity index is 496. The molecule has 0 unspecified atom stereocenters. The fraction of sp³-hybridized carbons (Fsp3) is 0.375. The monoisotopic (exact) mass is 211 g/mol. The fourth-order valence-corrected chi connectivity index (χ4v) is 1.16. The van der Waals surface area contributed by atoms with Crippen molar-refractivity contribution in [1.82, 2.24) is 9.13 Å². The second kappa shape index (κ2) is 3.60. The Kier molecular flexibility index (Phi) is 2.65. The first-order valence-electron chi connectivity index (χ1n) is 4.22. The smallest absolute Gasteiger partial charge is 0.332 e. The van der Waals surface area contributed by atoms with Crippen LogP contribution in [0.25, 0.3) is 0 Å². The van der Waals surface area contributed by atoms with Gasteiger partial charge in [-0.15, -0.1) is 0 Å². The summed E-state index contributed by atoms with van der Waals surface area (Å²) in [7, 11) is 2.82. The van der Waals surface area contributed by atoms with E-state index < -0.39 is 11.2 Å². The molecule has 0 saturated carbocycles. The molecule has 0 amide bonds. The van der Waals surface area contributed by atoms with Crippen molar-refractivity contribution in [3.8, 4) is 0 Å². The zero-order valence-electron chi connectivity index (χ0n) is 8.81. The van der Waals surface area contributed by atoms with Crippen molar-refractivity contribution >= 4 is 17.3 Å². The van der Waals surface area contributed by atoms with Gasteiger partial charge < -0.3 is 11.5 Å². The molecule has 0 aliphatic carbocycles. The van der Waals surface area contributed by atoms with Gasteiger partial charge in [-0.25, -0.2) is 9.79 Å². The molecule has 0 spiro atoms. The second-order valence-electron chi connectivity index (χ2n) is 3.20. The summed E-state index contributed by atoms with van der Waals surface area (Å²) >= 11 is 0. The summed E-state index contributed by atoms with van der Waals surface area (Å²) in [6.07, 6.45) is 0. The van der Waals surface area contributed by atoms with E-state index in [0.717, 1.165) is 4.57 Å². The van der Waals surface area contributed by atoms with Crippen LogP contribution in [-0.2, 0) is 14.1 Å². The first kappa shape index (κ1) is 11.0. The number of amidine groups is 1. The largest absolute Gasteiger partial charge is 0.391 e. The predicted molar refractivity (Wildman–Crippen MR) is 58.3 cm³/mol. The van der Waals surface area contributed by atoms with Crippen LogP contribution >= 0.6 is 0 Å². The molecule has 0 saturated heterocycles. The van der Waals surface area contributed by atoms with E-state index >= 15 is 0 Å². The molecule has 0 aromatic carbocycles. The van der Waals surface area contributed by atoms with Crippen LogP contribution in [0.2, 0.25) is 0 Å². The van der Waals surface area contributed by atoms with Crippen LogP contribution in [0.15, 0.2) is 14.6 Å². The molecular weight excluding hydrogens is 198 g/mol. The number of nitrogens with zero attached hydrogens (tertiary/aromatic N) is 3. The number of nitrogen functional groups attached to an aromatic ring is 1. The molecule has 0 bridgehead atoms. The average Bonchev–Trinajstić information content (AvgIpc) is 2.18. The van der Waals surface area contributed by atoms with Crippen molar-refractivity contribution in [3.05, 3.63) is 20.8 Å². The Morgan fingerprint density at radius 2 is 1.80 bits per heavy atom. The zero-order valence-corrected chi connectivity index (χ0v) is 8.81. The molecule has 0 aliphatic rings. The highest BCUT2D eigenvalue weighted by molar-refractivity contribution is 5.81. The van der Waals surface area contributed by atoms with Crippen LogP contribution in [0.4, 0.5) is 11.5 Å². The molecular formula is C8H13N5O2. The van der Waals surface area contributed by atoms with Crippen LogP contribution < -0.4 is 22.7 Å². The van der Waals surface area contributed by atoms with E-state index in [9.17, 15) is 9.59 Å². The van der Waals surface area contributed by atoms with Crippen molar-refractivity contribution < 1.29 is 0 Å². The molecule has 1 aromatic heterocycles. The van der Waals surface area contributed by atoms with Crippen molar-refractivity contribution in [3.63, 3.8) is 0 Å². The molecule has 0 radical (unpaired) electrons. The molecule has 0 atom stereocenters. The molecule has 1 aromatic rings. The second-order valence-corrected chi connectivity index (χ2v) is 3.20. The van der Waals surface area contributed by atoms with Gasteiger partial charge in [-0.3, -0.25) is 13.9 Å². The third-order valence-corrected chi connectivity index (χ3v) is 1.95. The summed E-state index contributed by atoms with van der Waals surface area (Å²) in [5, 5.41) is 0. The van der Waals surface area contributed by atoms with Gasteiger partial charge >= 0.3 is 5.69 Å². The van der Waals surface area contributed by atoms with Gasteiger partial charge in [0, 0.05) is 14.1 Å². The third-order valence-electron chi connectivity index (χ3n) is 1.95. The maximum absolute atomic E-state index is 11.5. The molecule has 0 aliphatic heterocycles. The van der Waals surface area contributed by atoms with Gasteiger partial charge in [0.15, 0.2) is 5.82 Å². The number of rotatable bonds is 1. The van der Waals surface area contributed by atoms with E-state index in [1.54, 1.807) is 6.92 Å². The summed E-state index contributed by atoms with van der Waals surface area (Å²) in [5.74, 6) is 0.313. The summed E-state index contributed by atoms with van der Waals surface area (Å²) in [6.45, 7) is 1.54.